The molecular weight excluding hydrogens is 505 g/mol. The van der Waals surface area contributed by atoms with Gasteiger partial charge in [-0.1, -0.05) is 29.8 Å². The Morgan fingerprint density at radius 2 is 1.69 bits per heavy atom. The van der Waals surface area contributed by atoms with Crippen LogP contribution in [-0.4, -0.2) is 38.1 Å². The van der Waals surface area contributed by atoms with Crippen molar-refractivity contribution in [2.45, 2.75) is 65.0 Å². The number of hydrogen-bond donors (Lipinski definition) is 1. The summed E-state index contributed by atoms with van der Waals surface area (Å²) in [6.45, 7) is 9.01. The minimum atomic E-state index is -3.72. The highest BCUT2D eigenvalue weighted by Crippen LogP contribution is 2.48. The van der Waals surface area contributed by atoms with E-state index in [1.807, 2.05) is 43.3 Å². The molecular formula is C26H37ClNO7P. The zero-order valence-corrected chi connectivity index (χ0v) is 23.7. The molecule has 0 aliphatic carbocycles. The third-order valence-corrected chi connectivity index (χ3v) is 6.91. The highest BCUT2D eigenvalue weighted by molar-refractivity contribution is 7.48. The van der Waals surface area contributed by atoms with Crippen molar-refractivity contribution in [3.8, 4) is 11.5 Å². The van der Waals surface area contributed by atoms with Gasteiger partial charge in [0.2, 0.25) is 0 Å². The molecule has 0 saturated heterocycles. The van der Waals surface area contributed by atoms with E-state index < -0.39 is 25.1 Å². The lowest BCUT2D eigenvalue weighted by atomic mass is 9.94. The minimum Gasteiger partial charge on any atom is -0.457 e. The van der Waals surface area contributed by atoms with Crippen LogP contribution in [0.15, 0.2) is 42.5 Å². The Labute approximate surface area is 219 Å². The van der Waals surface area contributed by atoms with Crippen LogP contribution in [0, 0.1) is 6.92 Å². The molecule has 0 aliphatic heterocycles. The van der Waals surface area contributed by atoms with E-state index in [1.165, 1.54) is 14.2 Å². The number of benzene rings is 2. The zero-order valence-electron chi connectivity index (χ0n) is 22.1. The van der Waals surface area contributed by atoms with E-state index in [-0.39, 0.29) is 6.61 Å². The van der Waals surface area contributed by atoms with E-state index in [4.69, 9.17) is 34.6 Å². The van der Waals surface area contributed by atoms with Crippen molar-refractivity contribution in [1.29, 1.82) is 0 Å². The number of carbonyl (C=O) groups is 1. The first-order valence-electron chi connectivity index (χ1n) is 11.7. The molecule has 0 fully saturated rings. The molecule has 10 heteroatoms. The lowest BCUT2D eigenvalue weighted by molar-refractivity contribution is 0.0386. The molecule has 1 atom stereocenters. The van der Waals surface area contributed by atoms with Crippen LogP contribution in [0.4, 0.5) is 4.79 Å². The van der Waals surface area contributed by atoms with Crippen molar-refractivity contribution < 1.29 is 32.4 Å². The minimum absolute atomic E-state index is 0.109. The summed E-state index contributed by atoms with van der Waals surface area (Å²) < 4.78 is 38.8. The Balaban J connectivity index is 2.06. The van der Waals surface area contributed by atoms with Crippen LogP contribution in [0.3, 0.4) is 0 Å². The summed E-state index contributed by atoms with van der Waals surface area (Å²) in [6, 6.07) is 13.4. The van der Waals surface area contributed by atoms with Gasteiger partial charge in [0.25, 0.3) is 0 Å². The molecule has 0 heterocycles. The van der Waals surface area contributed by atoms with Gasteiger partial charge in [-0.25, -0.2) is 9.36 Å². The Hall–Kier alpha value is -2.09. The number of phosphoric ester groups is 1. The van der Waals surface area contributed by atoms with Crippen molar-refractivity contribution >= 4 is 25.5 Å². The molecule has 1 amide bonds. The number of nitrogens with one attached hydrogen (secondary N) is 1. The maximum atomic E-state index is 12.5. The second kappa shape index (κ2) is 12.9. The third kappa shape index (κ3) is 10.1. The molecule has 0 unspecified atom stereocenters. The lowest BCUT2D eigenvalue weighted by Crippen LogP contribution is -2.51. The predicted octanol–water partition coefficient (Wildman–Crippen LogP) is 7.46. The first kappa shape index (κ1) is 30.1. The molecule has 2 aromatic rings. The van der Waals surface area contributed by atoms with Gasteiger partial charge in [-0.2, -0.15) is 0 Å². The van der Waals surface area contributed by atoms with Crippen LogP contribution in [-0.2, 0) is 29.3 Å². The Kier molecular flexibility index (Phi) is 10.8. The van der Waals surface area contributed by atoms with Crippen molar-refractivity contribution in [2.75, 3.05) is 20.8 Å². The summed E-state index contributed by atoms with van der Waals surface area (Å²) in [5.74, 6) is 1.39. The number of ether oxygens (including phenoxy) is 2. The summed E-state index contributed by atoms with van der Waals surface area (Å²) in [4.78, 5) is 12.5. The SMILES string of the molecule is COP(=O)(OC)OC[C@@](C)(CCCc1ccc(Oc2cccc(C)c2)cc1Cl)NC(=O)OC(C)(C)C. The Morgan fingerprint density at radius 1 is 1.03 bits per heavy atom. The standard InChI is InChI=1S/C26H37ClNO7P/c1-19-10-8-12-21(16-19)34-22-14-13-20(23(27)17-22)11-9-15-26(5,18-33-36(30,31-6)32-7)28-24(29)35-25(2,3)4/h8,10,12-14,16-17H,9,11,15,18H2,1-7H3,(H,28,29)/t26-/m1/s1. The number of aryl methyl sites for hydroxylation is 2. The quantitative estimate of drug-likeness (QED) is 0.279. The number of alkyl carbamates (subject to hydrolysis) is 1. The first-order chi connectivity index (χ1) is 16.8. The average Bonchev–Trinajstić information content (AvgIpc) is 2.78. The van der Waals surface area contributed by atoms with Gasteiger partial charge < -0.3 is 14.8 Å². The smallest absolute Gasteiger partial charge is 0.457 e. The van der Waals surface area contributed by atoms with Crippen LogP contribution in [0.1, 0.15) is 51.7 Å². The van der Waals surface area contributed by atoms with Gasteiger partial charge in [-0.3, -0.25) is 13.6 Å². The van der Waals surface area contributed by atoms with Crippen molar-refractivity contribution in [3.63, 3.8) is 0 Å². The first-order valence-corrected chi connectivity index (χ1v) is 13.5. The van der Waals surface area contributed by atoms with Gasteiger partial charge in [0.1, 0.15) is 17.1 Å². The maximum absolute atomic E-state index is 12.5. The zero-order chi connectivity index (χ0) is 27.0. The topological polar surface area (TPSA) is 92.3 Å². The summed E-state index contributed by atoms with van der Waals surface area (Å²) in [5, 5.41) is 3.43. The molecule has 0 radical (unpaired) electrons. The molecule has 0 bridgehead atoms. The largest absolute Gasteiger partial charge is 0.474 e. The van der Waals surface area contributed by atoms with Crippen LogP contribution in [0.25, 0.3) is 0 Å². The molecule has 0 saturated carbocycles. The van der Waals surface area contributed by atoms with Crippen LogP contribution < -0.4 is 10.1 Å². The van der Waals surface area contributed by atoms with E-state index in [2.05, 4.69) is 5.32 Å². The second-order valence-corrected chi connectivity index (χ2v) is 12.1. The van der Waals surface area contributed by atoms with Crippen molar-refractivity contribution in [2.24, 2.45) is 0 Å². The number of amides is 1. The molecule has 0 spiro atoms. The summed E-state index contributed by atoms with van der Waals surface area (Å²) in [6.07, 6.45) is 1.17. The fourth-order valence-corrected chi connectivity index (χ4v) is 4.47. The number of hydrogen-bond acceptors (Lipinski definition) is 7. The molecule has 2 rings (SSSR count). The van der Waals surface area contributed by atoms with E-state index in [9.17, 15) is 9.36 Å². The predicted molar refractivity (Wildman–Crippen MR) is 141 cm³/mol. The number of rotatable bonds is 12. The monoisotopic (exact) mass is 541 g/mol. The van der Waals surface area contributed by atoms with Crippen LogP contribution in [0.2, 0.25) is 5.02 Å². The van der Waals surface area contributed by atoms with Gasteiger partial charge in [0.05, 0.1) is 12.1 Å². The van der Waals surface area contributed by atoms with Gasteiger partial charge in [0, 0.05) is 19.2 Å². The number of phosphoric acid groups is 1. The molecule has 0 aromatic heterocycles. The summed E-state index contributed by atoms with van der Waals surface area (Å²) >= 11 is 6.53. The second-order valence-electron chi connectivity index (χ2n) is 9.80. The fraction of sp³-hybridized carbons (Fsp3) is 0.500. The highest BCUT2D eigenvalue weighted by Gasteiger charge is 2.33. The Morgan fingerprint density at radius 3 is 2.28 bits per heavy atom. The molecule has 1 N–H and O–H groups in total. The molecule has 200 valence electrons. The van der Waals surface area contributed by atoms with Gasteiger partial charge >= 0.3 is 13.9 Å². The van der Waals surface area contributed by atoms with Crippen LogP contribution in [0.5, 0.6) is 11.5 Å². The van der Waals surface area contributed by atoms with Gasteiger partial charge in [0.15, 0.2) is 0 Å². The molecule has 0 aliphatic rings. The van der Waals surface area contributed by atoms with Crippen molar-refractivity contribution in [1.82, 2.24) is 5.32 Å². The van der Waals surface area contributed by atoms with Crippen molar-refractivity contribution in [3.05, 3.63) is 58.6 Å². The lowest BCUT2D eigenvalue weighted by Gasteiger charge is -2.32. The Bertz CT molecular complexity index is 1060. The maximum Gasteiger partial charge on any atom is 0.474 e. The third-order valence-electron chi connectivity index (χ3n) is 5.22. The van der Waals surface area contributed by atoms with Gasteiger partial charge in [-0.15, -0.1) is 0 Å². The summed E-state index contributed by atoms with van der Waals surface area (Å²) in [7, 11) is -1.26. The van der Waals surface area contributed by atoms with E-state index >= 15 is 0 Å². The van der Waals surface area contributed by atoms with E-state index in [0.29, 0.717) is 30.0 Å². The fourth-order valence-electron chi connectivity index (χ4n) is 3.40. The normalized spacial score (nSPS) is 13.7. The van der Waals surface area contributed by atoms with Crippen LogP contribution >= 0.6 is 19.4 Å². The summed E-state index contributed by atoms with van der Waals surface area (Å²) in [5.41, 5.74) is 0.467. The van der Waals surface area contributed by atoms with E-state index in [0.717, 1.165) is 16.9 Å². The van der Waals surface area contributed by atoms with Gasteiger partial charge in [-0.05, 0) is 89.3 Å². The average molecular weight is 542 g/mol. The molecule has 8 nitrogen and oxygen atoms in total. The molecule has 36 heavy (non-hydrogen) atoms. The molecule has 2 aromatic carbocycles. The number of carbonyl (C=O) groups excluding carboxylic acids is 1. The highest BCUT2D eigenvalue weighted by atomic mass is 35.5. The van der Waals surface area contributed by atoms with E-state index in [1.54, 1.807) is 33.8 Å². The number of halogens is 1.